The van der Waals surface area contributed by atoms with Crippen LogP contribution in [-0.2, 0) is 6.42 Å². The molecule has 6 heteroatoms. The van der Waals surface area contributed by atoms with Gasteiger partial charge in [0, 0.05) is 40.4 Å². The van der Waals surface area contributed by atoms with Crippen molar-refractivity contribution in [3.8, 4) is 0 Å². The predicted octanol–water partition coefficient (Wildman–Crippen LogP) is 5.11. The molecule has 2 N–H and O–H groups in total. The average molecular weight is 374 g/mol. The molecule has 3 aromatic rings. The van der Waals surface area contributed by atoms with Gasteiger partial charge in [-0.05, 0) is 49.2 Å². The predicted molar refractivity (Wildman–Crippen MR) is 104 cm³/mol. The highest BCUT2D eigenvalue weighted by Gasteiger charge is 2.20. The van der Waals surface area contributed by atoms with Crippen molar-refractivity contribution >= 4 is 51.4 Å². The maximum absolute atomic E-state index is 12.7. The number of likely N-dealkylation sites (N-methyl/N-ethyl adjacent to an activating group) is 1. The summed E-state index contributed by atoms with van der Waals surface area (Å²) in [7, 11) is 0. The highest BCUT2D eigenvalue weighted by atomic mass is 35.5. The fourth-order valence-electron chi connectivity index (χ4n) is 3.33. The quantitative estimate of drug-likeness (QED) is 0.669. The largest absolute Gasteiger partial charge is 0.371 e. The topological polar surface area (TPSA) is 48.1 Å². The van der Waals surface area contributed by atoms with Gasteiger partial charge in [0.25, 0.3) is 5.91 Å². The average Bonchev–Trinajstić information content (AvgIpc) is 3.16. The number of carbonyl (C=O) groups excluding carboxylic acids is 1. The van der Waals surface area contributed by atoms with Crippen molar-refractivity contribution in [2.75, 3.05) is 23.3 Å². The number of aromatic amines is 1. The highest BCUT2D eigenvalue weighted by molar-refractivity contribution is 6.40. The second-order valence-electron chi connectivity index (χ2n) is 6.13. The van der Waals surface area contributed by atoms with Gasteiger partial charge in [0.05, 0.1) is 5.02 Å². The molecule has 0 bridgehead atoms. The minimum atomic E-state index is -0.265. The van der Waals surface area contributed by atoms with Crippen LogP contribution in [0.15, 0.2) is 36.4 Å². The van der Waals surface area contributed by atoms with Crippen LogP contribution in [0.5, 0.6) is 0 Å². The Morgan fingerprint density at radius 2 is 2.08 bits per heavy atom. The molecule has 0 saturated carbocycles. The number of nitrogens with one attached hydrogen (secondary N) is 2. The van der Waals surface area contributed by atoms with Gasteiger partial charge < -0.3 is 15.2 Å². The molecule has 1 amide bonds. The Morgan fingerprint density at radius 3 is 2.88 bits per heavy atom. The van der Waals surface area contributed by atoms with Gasteiger partial charge in [-0.1, -0.05) is 29.3 Å². The van der Waals surface area contributed by atoms with E-state index in [4.69, 9.17) is 23.2 Å². The third-order valence-corrected chi connectivity index (χ3v) is 5.27. The molecule has 4 nitrogen and oxygen atoms in total. The molecule has 128 valence electrons. The smallest absolute Gasteiger partial charge is 0.273 e. The van der Waals surface area contributed by atoms with E-state index in [9.17, 15) is 4.79 Å². The van der Waals surface area contributed by atoms with Crippen molar-refractivity contribution < 1.29 is 4.79 Å². The summed E-state index contributed by atoms with van der Waals surface area (Å²) in [4.78, 5) is 18.0. The Bertz CT molecular complexity index is 980. The standard InChI is InChI=1S/C19H17Cl2N3O/c1-2-24-8-7-11-3-5-13(10-16(11)24)22-19(25)18-17(21)14-9-12(20)4-6-15(14)23-18/h3-6,9-10,23H,2,7-8H2,1H3,(H,22,25). The van der Waals surface area contributed by atoms with Gasteiger partial charge in [-0.15, -0.1) is 0 Å². The van der Waals surface area contributed by atoms with Crippen LogP contribution in [0.4, 0.5) is 11.4 Å². The molecular weight excluding hydrogens is 357 g/mol. The normalized spacial score (nSPS) is 13.3. The van der Waals surface area contributed by atoms with Gasteiger partial charge in [0.15, 0.2) is 0 Å². The third kappa shape index (κ3) is 2.86. The number of fused-ring (bicyclic) bond motifs is 2. The SMILES string of the molecule is CCN1CCc2ccc(NC(=O)c3[nH]c4ccc(Cl)cc4c3Cl)cc21. The van der Waals surface area contributed by atoms with E-state index < -0.39 is 0 Å². The molecule has 1 aliphatic heterocycles. The second kappa shape index (κ2) is 6.28. The Labute approximate surface area is 155 Å². The first-order chi connectivity index (χ1) is 12.1. The van der Waals surface area contributed by atoms with Crippen molar-refractivity contribution in [1.82, 2.24) is 4.98 Å². The van der Waals surface area contributed by atoms with Gasteiger partial charge in [0.1, 0.15) is 5.69 Å². The van der Waals surface area contributed by atoms with Crippen molar-refractivity contribution in [2.24, 2.45) is 0 Å². The van der Waals surface area contributed by atoms with Crippen LogP contribution < -0.4 is 10.2 Å². The van der Waals surface area contributed by atoms with Crippen molar-refractivity contribution in [2.45, 2.75) is 13.3 Å². The van der Waals surface area contributed by atoms with Crippen LogP contribution in [-0.4, -0.2) is 24.0 Å². The van der Waals surface area contributed by atoms with Crippen LogP contribution >= 0.6 is 23.2 Å². The lowest BCUT2D eigenvalue weighted by Gasteiger charge is -2.17. The molecule has 0 unspecified atom stereocenters. The molecule has 4 rings (SSSR count). The Kier molecular flexibility index (Phi) is 4.10. The summed E-state index contributed by atoms with van der Waals surface area (Å²) in [5.41, 5.74) is 4.39. The zero-order valence-electron chi connectivity index (χ0n) is 13.7. The molecular formula is C19H17Cl2N3O. The monoisotopic (exact) mass is 373 g/mol. The van der Waals surface area contributed by atoms with Crippen LogP contribution in [0, 0.1) is 0 Å². The maximum atomic E-state index is 12.7. The number of nitrogens with zero attached hydrogens (tertiary/aromatic N) is 1. The first-order valence-electron chi connectivity index (χ1n) is 8.22. The summed E-state index contributed by atoms with van der Waals surface area (Å²) in [6.07, 6.45) is 1.05. The van der Waals surface area contributed by atoms with E-state index in [1.54, 1.807) is 12.1 Å². The van der Waals surface area contributed by atoms with Gasteiger partial charge in [-0.3, -0.25) is 4.79 Å². The zero-order valence-corrected chi connectivity index (χ0v) is 15.2. The summed E-state index contributed by atoms with van der Waals surface area (Å²) in [5.74, 6) is -0.265. The molecule has 0 atom stereocenters. The Hall–Kier alpha value is -2.17. The first-order valence-corrected chi connectivity index (χ1v) is 8.98. The van der Waals surface area contributed by atoms with Crippen LogP contribution in [0.1, 0.15) is 23.0 Å². The third-order valence-electron chi connectivity index (χ3n) is 4.64. The molecule has 25 heavy (non-hydrogen) atoms. The van der Waals surface area contributed by atoms with E-state index in [1.165, 1.54) is 11.3 Å². The number of benzene rings is 2. The number of anilines is 2. The summed E-state index contributed by atoms with van der Waals surface area (Å²) in [6, 6.07) is 11.4. The van der Waals surface area contributed by atoms with E-state index in [1.807, 2.05) is 18.2 Å². The lowest BCUT2D eigenvalue weighted by Crippen LogP contribution is -2.19. The first kappa shape index (κ1) is 16.3. The van der Waals surface area contributed by atoms with E-state index in [0.717, 1.165) is 36.1 Å². The molecule has 1 aliphatic rings. The fraction of sp³-hybridized carbons (Fsp3) is 0.211. The molecule has 2 aromatic carbocycles. The second-order valence-corrected chi connectivity index (χ2v) is 6.95. The van der Waals surface area contributed by atoms with Gasteiger partial charge in [-0.2, -0.15) is 0 Å². The number of carbonyl (C=O) groups is 1. The molecule has 0 aliphatic carbocycles. The van der Waals surface area contributed by atoms with Crippen LogP contribution in [0.2, 0.25) is 10.0 Å². The Balaban J connectivity index is 1.64. The number of H-pyrrole nitrogens is 1. The maximum Gasteiger partial charge on any atom is 0.273 e. The molecule has 0 radical (unpaired) electrons. The Morgan fingerprint density at radius 1 is 1.24 bits per heavy atom. The van der Waals surface area contributed by atoms with Crippen molar-refractivity contribution in [3.63, 3.8) is 0 Å². The number of rotatable bonds is 3. The van der Waals surface area contributed by atoms with Gasteiger partial charge >= 0.3 is 0 Å². The number of hydrogen-bond acceptors (Lipinski definition) is 2. The van der Waals surface area contributed by atoms with Gasteiger partial charge in [-0.25, -0.2) is 0 Å². The number of hydrogen-bond donors (Lipinski definition) is 2. The fourth-order valence-corrected chi connectivity index (χ4v) is 3.79. The molecule has 2 heterocycles. The lowest BCUT2D eigenvalue weighted by atomic mass is 10.1. The zero-order chi connectivity index (χ0) is 17.6. The number of halogens is 2. The summed E-state index contributed by atoms with van der Waals surface area (Å²) in [6.45, 7) is 4.12. The van der Waals surface area contributed by atoms with Crippen molar-refractivity contribution in [1.29, 1.82) is 0 Å². The molecule has 0 spiro atoms. The molecule has 0 saturated heterocycles. The number of amides is 1. The molecule has 0 fully saturated rings. The van der Waals surface area contributed by atoms with E-state index in [0.29, 0.717) is 15.7 Å². The van der Waals surface area contributed by atoms with E-state index >= 15 is 0 Å². The minimum Gasteiger partial charge on any atom is -0.371 e. The number of aromatic nitrogens is 1. The van der Waals surface area contributed by atoms with Crippen LogP contribution in [0.25, 0.3) is 10.9 Å². The van der Waals surface area contributed by atoms with Gasteiger partial charge in [0.2, 0.25) is 0 Å². The summed E-state index contributed by atoms with van der Waals surface area (Å²) < 4.78 is 0. The lowest BCUT2D eigenvalue weighted by molar-refractivity contribution is 0.102. The summed E-state index contributed by atoms with van der Waals surface area (Å²) >= 11 is 12.4. The van der Waals surface area contributed by atoms with Crippen molar-refractivity contribution in [3.05, 3.63) is 57.7 Å². The van der Waals surface area contributed by atoms with Crippen LogP contribution in [0.3, 0.4) is 0 Å². The highest BCUT2D eigenvalue weighted by Crippen LogP contribution is 2.32. The van der Waals surface area contributed by atoms with E-state index in [2.05, 4.69) is 28.2 Å². The van der Waals surface area contributed by atoms with E-state index in [-0.39, 0.29) is 5.91 Å². The summed E-state index contributed by atoms with van der Waals surface area (Å²) in [5, 5.41) is 4.64. The molecule has 1 aromatic heterocycles. The minimum absolute atomic E-state index is 0.265.